The van der Waals surface area contributed by atoms with Crippen molar-refractivity contribution in [1.29, 1.82) is 5.26 Å². The summed E-state index contributed by atoms with van der Waals surface area (Å²) in [5.74, 6) is 0.370. The zero-order chi connectivity index (χ0) is 9.68. The predicted octanol–water partition coefficient (Wildman–Crippen LogP) is 2.27. The van der Waals surface area contributed by atoms with Gasteiger partial charge in [-0.05, 0) is 17.6 Å². The van der Waals surface area contributed by atoms with Crippen LogP contribution in [-0.4, -0.2) is 12.8 Å². The first-order chi connectivity index (χ1) is 6.27. The van der Waals surface area contributed by atoms with Crippen LogP contribution in [0.2, 0.25) is 0 Å². The Morgan fingerprint density at radius 2 is 2.38 bits per heavy atom. The van der Waals surface area contributed by atoms with Gasteiger partial charge in [0.15, 0.2) is 0 Å². The molecule has 0 spiro atoms. The summed E-state index contributed by atoms with van der Waals surface area (Å²) in [7, 11) is 1.63. The van der Waals surface area contributed by atoms with E-state index in [1.54, 1.807) is 7.05 Å². The summed E-state index contributed by atoms with van der Waals surface area (Å²) in [6.07, 6.45) is 9.90. The Morgan fingerprint density at radius 3 is 2.92 bits per heavy atom. The van der Waals surface area contributed by atoms with Crippen molar-refractivity contribution >= 4 is 5.71 Å². The SMILES string of the molecule is CN=C(C#N)/C=C1/C=CC=CC1C. The molecule has 0 aromatic rings. The van der Waals surface area contributed by atoms with Gasteiger partial charge in [0, 0.05) is 7.05 Å². The van der Waals surface area contributed by atoms with Gasteiger partial charge >= 0.3 is 0 Å². The summed E-state index contributed by atoms with van der Waals surface area (Å²) >= 11 is 0. The average Bonchev–Trinajstić information content (AvgIpc) is 2.17. The third-order valence-corrected chi connectivity index (χ3v) is 1.98. The quantitative estimate of drug-likeness (QED) is 0.559. The summed E-state index contributed by atoms with van der Waals surface area (Å²) in [6.45, 7) is 2.09. The summed E-state index contributed by atoms with van der Waals surface area (Å²) in [6, 6.07) is 2.04. The van der Waals surface area contributed by atoms with E-state index >= 15 is 0 Å². The number of hydrogen-bond donors (Lipinski definition) is 0. The number of hydrogen-bond acceptors (Lipinski definition) is 2. The van der Waals surface area contributed by atoms with Crippen LogP contribution in [0, 0.1) is 17.2 Å². The van der Waals surface area contributed by atoms with Crippen LogP contribution in [0.15, 0.2) is 40.9 Å². The van der Waals surface area contributed by atoms with Gasteiger partial charge in [-0.25, -0.2) is 0 Å². The lowest BCUT2D eigenvalue weighted by Gasteiger charge is -2.10. The van der Waals surface area contributed by atoms with Crippen molar-refractivity contribution in [3.63, 3.8) is 0 Å². The second-order valence-corrected chi connectivity index (χ2v) is 2.90. The van der Waals surface area contributed by atoms with Gasteiger partial charge in [-0.15, -0.1) is 0 Å². The average molecular weight is 172 g/mol. The van der Waals surface area contributed by atoms with Crippen molar-refractivity contribution in [3.05, 3.63) is 36.0 Å². The van der Waals surface area contributed by atoms with E-state index < -0.39 is 0 Å². The highest BCUT2D eigenvalue weighted by atomic mass is 14.7. The van der Waals surface area contributed by atoms with Gasteiger partial charge in [0.2, 0.25) is 0 Å². The van der Waals surface area contributed by atoms with Crippen LogP contribution < -0.4 is 0 Å². The first-order valence-corrected chi connectivity index (χ1v) is 4.21. The lowest BCUT2D eigenvalue weighted by molar-refractivity contribution is 0.885. The van der Waals surface area contributed by atoms with Crippen LogP contribution in [0.5, 0.6) is 0 Å². The smallest absolute Gasteiger partial charge is 0.135 e. The molecule has 13 heavy (non-hydrogen) atoms. The zero-order valence-corrected chi connectivity index (χ0v) is 7.86. The Bertz CT molecular complexity index is 338. The summed E-state index contributed by atoms with van der Waals surface area (Å²) in [5.41, 5.74) is 1.60. The van der Waals surface area contributed by atoms with Crippen molar-refractivity contribution in [1.82, 2.24) is 0 Å². The maximum absolute atomic E-state index is 8.68. The third-order valence-electron chi connectivity index (χ3n) is 1.98. The van der Waals surface area contributed by atoms with Crippen LogP contribution in [0.3, 0.4) is 0 Å². The van der Waals surface area contributed by atoms with Crippen LogP contribution >= 0.6 is 0 Å². The second kappa shape index (κ2) is 4.42. The zero-order valence-electron chi connectivity index (χ0n) is 7.86. The normalized spacial score (nSPS) is 24.8. The van der Waals surface area contributed by atoms with Crippen molar-refractivity contribution in [2.45, 2.75) is 6.92 Å². The van der Waals surface area contributed by atoms with Crippen molar-refractivity contribution in [2.75, 3.05) is 7.05 Å². The van der Waals surface area contributed by atoms with Crippen molar-refractivity contribution < 1.29 is 0 Å². The van der Waals surface area contributed by atoms with E-state index in [1.807, 2.05) is 30.4 Å². The molecule has 0 aromatic heterocycles. The molecule has 1 rings (SSSR count). The molecule has 2 nitrogen and oxygen atoms in total. The molecular formula is C11H12N2. The maximum Gasteiger partial charge on any atom is 0.135 e. The van der Waals surface area contributed by atoms with E-state index in [2.05, 4.69) is 18.0 Å². The summed E-state index contributed by atoms with van der Waals surface area (Å²) < 4.78 is 0. The highest BCUT2D eigenvalue weighted by Crippen LogP contribution is 2.17. The third kappa shape index (κ3) is 2.41. The van der Waals surface area contributed by atoms with E-state index in [-0.39, 0.29) is 0 Å². The summed E-state index contributed by atoms with van der Waals surface area (Å²) in [4.78, 5) is 3.86. The van der Waals surface area contributed by atoms with Gasteiger partial charge in [-0.2, -0.15) is 5.26 Å². The lowest BCUT2D eigenvalue weighted by Crippen LogP contribution is -1.99. The Balaban J connectivity index is 2.89. The molecule has 0 heterocycles. The van der Waals surface area contributed by atoms with Gasteiger partial charge in [-0.1, -0.05) is 31.2 Å². The fourth-order valence-electron chi connectivity index (χ4n) is 1.14. The van der Waals surface area contributed by atoms with Gasteiger partial charge in [0.05, 0.1) is 0 Å². The molecular weight excluding hydrogens is 160 g/mol. The molecule has 0 aromatic carbocycles. The van der Waals surface area contributed by atoms with Crippen molar-refractivity contribution in [2.24, 2.45) is 10.9 Å². The molecule has 1 aliphatic carbocycles. The van der Waals surface area contributed by atoms with E-state index in [9.17, 15) is 0 Å². The van der Waals surface area contributed by atoms with E-state index in [0.29, 0.717) is 11.6 Å². The molecule has 0 aliphatic heterocycles. The molecule has 0 amide bonds. The van der Waals surface area contributed by atoms with Crippen LogP contribution in [-0.2, 0) is 0 Å². The Hall–Kier alpha value is -1.62. The highest BCUT2D eigenvalue weighted by molar-refractivity contribution is 6.07. The molecule has 2 heteroatoms. The van der Waals surface area contributed by atoms with Gasteiger partial charge < -0.3 is 0 Å². The number of aliphatic imine (C=N–C) groups is 1. The highest BCUT2D eigenvalue weighted by Gasteiger charge is 2.05. The number of rotatable bonds is 1. The molecule has 1 unspecified atom stereocenters. The Labute approximate surface area is 78.6 Å². The standard InChI is InChI=1S/C11H12N2/c1-9-5-3-4-6-10(9)7-11(8-12)13-2/h3-7,9H,1-2H3/b10-7-,13-11?. The molecule has 1 aliphatic rings. The number of nitriles is 1. The van der Waals surface area contributed by atoms with E-state index in [0.717, 1.165) is 5.57 Å². The van der Waals surface area contributed by atoms with E-state index in [1.165, 1.54) is 0 Å². The summed E-state index contributed by atoms with van der Waals surface area (Å²) in [5, 5.41) is 8.68. The molecule has 0 N–H and O–H groups in total. The minimum Gasteiger partial charge on any atom is -0.278 e. The monoisotopic (exact) mass is 172 g/mol. The lowest BCUT2D eigenvalue weighted by atomic mass is 9.95. The topological polar surface area (TPSA) is 36.1 Å². The second-order valence-electron chi connectivity index (χ2n) is 2.90. The first-order valence-electron chi connectivity index (χ1n) is 4.21. The maximum atomic E-state index is 8.68. The van der Waals surface area contributed by atoms with Crippen LogP contribution in [0.25, 0.3) is 0 Å². The fraction of sp³-hybridized carbons (Fsp3) is 0.273. The number of nitrogens with zero attached hydrogens (tertiary/aromatic N) is 2. The van der Waals surface area contributed by atoms with Gasteiger partial charge in [0.1, 0.15) is 11.8 Å². The Morgan fingerprint density at radius 1 is 1.62 bits per heavy atom. The van der Waals surface area contributed by atoms with E-state index in [4.69, 9.17) is 5.26 Å². The number of allylic oxidation sites excluding steroid dienone is 6. The fourth-order valence-corrected chi connectivity index (χ4v) is 1.14. The molecule has 0 bridgehead atoms. The molecule has 1 atom stereocenters. The largest absolute Gasteiger partial charge is 0.278 e. The molecule has 66 valence electrons. The Kier molecular flexibility index (Phi) is 3.22. The van der Waals surface area contributed by atoms with Gasteiger partial charge in [0.25, 0.3) is 0 Å². The van der Waals surface area contributed by atoms with Crippen molar-refractivity contribution in [3.8, 4) is 6.07 Å². The minimum atomic E-state index is 0.370. The first kappa shape index (κ1) is 9.47. The minimum absolute atomic E-state index is 0.370. The van der Waals surface area contributed by atoms with Crippen LogP contribution in [0.1, 0.15) is 6.92 Å². The molecule has 0 saturated carbocycles. The van der Waals surface area contributed by atoms with Gasteiger partial charge in [-0.3, -0.25) is 4.99 Å². The molecule has 0 radical (unpaired) electrons. The predicted molar refractivity (Wildman–Crippen MR) is 54.5 cm³/mol. The molecule has 0 saturated heterocycles. The molecule has 0 fully saturated rings. The van der Waals surface area contributed by atoms with Crippen LogP contribution in [0.4, 0.5) is 0 Å².